The number of amides is 1. The second-order valence-corrected chi connectivity index (χ2v) is 7.86. The third-order valence-electron chi connectivity index (χ3n) is 5.74. The Morgan fingerprint density at radius 3 is 2.93 bits per heavy atom. The Morgan fingerprint density at radius 1 is 1.17 bits per heavy atom. The SMILES string of the molecule is Cc1cc(C2=NCc3cc(CC(=O)N[C@@H]4CCc5ccc(F)cc54)ncc32)ccn1. The van der Waals surface area contributed by atoms with Crippen LogP contribution in [0, 0.1) is 12.7 Å². The highest BCUT2D eigenvalue weighted by Crippen LogP contribution is 2.31. The second kappa shape index (κ2) is 7.44. The van der Waals surface area contributed by atoms with Crippen molar-refractivity contribution in [2.45, 2.75) is 38.8 Å². The summed E-state index contributed by atoms with van der Waals surface area (Å²) in [5.74, 6) is -0.371. The number of halogens is 1. The highest BCUT2D eigenvalue weighted by atomic mass is 19.1. The largest absolute Gasteiger partial charge is 0.349 e. The van der Waals surface area contributed by atoms with Gasteiger partial charge in [0, 0.05) is 29.2 Å². The molecule has 30 heavy (non-hydrogen) atoms. The number of aromatic nitrogens is 2. The summed E-state index contributed by atoms with van der Waals surface area (Å²) < 4.78 is 13.6. The number of carbonyl (C=O) groups excluding carboxylic acids is 1. The van der Waals surface area contributed by atoms with Gasteiger partial charge in [-0.05, 0) is 66.8 Å². The molecule has 150 valence electrons. The number of nitrogens with one attached hydrogen (secondary N) is 1. The summed E-state index contributed by atoms with van der Waals surface area (Å²) >= 11 is 0. The summed E-state index contributed by atoms with van der Waals surface area (Å²) in [6, 6.07) is 10.6. The molecule has 0 radical (unpaired) electrons. The van der Waals surface area contributed by atoms with Crippen molar-refractivity contribution in [3.63, 3.8) is 0 Å². The molecule has 0 bridgehead atoms. The van der Waals surface area contributed by atoms with E-state index in [2.05, 4.69) is 20.3 Å². The smallest absolute Gasteiger partial charge is 0.226 e. The van der Waals surface area contributed by atoms with Gasteiger partial charge in [-0.15, -0.1) is 0 Å². The minimum atomic E-state index is -0.268. The number of carbonyl (C=O) groups is 1. The molecule has 0 saturated carbocycles. The average molecular weight is 400 g/mol. The number of fused-ring (bicyclic) bond motifs is 2. The molecule has 2 aromatic heterocycles. The van der Waals surface area contributed by atoms with Gasteiger partial charge in [0.05, 0.1) is 30.4 Å². The molecule has 0 spiro atoms. The van der Waals surface area contributed by atoms with Gasteiger partial charge in [0.25, 0.3) is 0 Å². The summed E-state index contributed by atoms with van der Waals surface area (Å²) in [6.45, 7) is 2.54. The molecule has 1 atom stereocenters. The first kappa shape index (κ1) is 18.6. The molecular formula is C24H21FN4O. The summed E-state index contributed by atoms with van der Waals surface area (Å²) in [6.07, 6.45) is 5.43. The Labute approximate surface area is 174 Å². The van der Waals surface area contributed by atoms with E-state index in [1.165, 1.54) is 12.1 Å². The van der Waals surface area contributed by atoms with E-state index < -0.39 is 0 Å². The number of hydrogen-bond donors (Lipinski definition) is 1. The van der Waals surface area contributed by atoms with Gasteiger partial charge < -0.3 is 5.32 Å². The van der Waals surface area contributed by atoms with Gasteiger partial charge in [-0.2, -0.15) is 0 Å². The number of nitrogens with zero attached hydrogens (tertiary/aromatic N) is 3. The van der Waals surface area contributed by atoms with Gasteiger partial charge in [0.1, 0.15) is 5.82 Å². The molecule has 3 heterocycles. The Balaban J connectivity index is 1.29. The van der Waals surface area contributed by atoms with E-state index in [1.54, 1.807) is 18.5 Å². The van der Waals surface area contributed by atoms with Gasteiger partial charge in [-0.1, -0.05) is 6.07 Å². The highest BCUT2D eigenvalue weighted by Gasteiger charge is 2.25. The average Bonchev–Trinajstić information content (AvgIpc) is 3.32. The minimum absolute atomic E-state index is 0.103. The van der Waals surface area contributed by atoms with Gasteiger partial charge in [-0.3, -0.25) is 19.8 Å². The van der Waals surface area contributed by atoms with Crippen molar-refractivity contribution in [2.75, 3.05) is 0 Å². The lowest BCUT2D eigenvalue weighted by Gasteiger charge is -2.14. The van der Waals surface area contributed by atoms with E-state index in [0.29, 0.717) is 12.2 Å². The van der Waals surface area contributed by atoms with Crippen LogP contribution in [-0.2, 0) is 24.2 Å². The maximum Gasteiger partial charge on any atom is 0.226 e. The Morgan fingerprint density at radius 2 is 2.07 bits per heavy atom. The van der Waals surface area contributed by atoms with Crippen molar-refractivity contribution in [1.82, 2.24) is 15.3 Å². The molecule has 0 unspecified atom stereocenters. The topological polar surface area (TPSA) is 67.2 Å². The maximum absolute atomic E-state index is 13.6. The van der Waals surface area contributed by atoms with Crippen LogP contribution >= 0.6 is 0 Å². The van der Waals surface area contributed by atoms with Crippen molar-refractivity contribution in [3.05, 3.63) is 93.8 Å². The molecule has 0 fully saturated rings. The zero-order valence-electron chi connectivity index (χ0n) is 16.7. The van der Waals surface area contributed by atoms with Gasteiger partial charge in [-0.25, -0.2) is 4.39 Å². The quantitative estimate of drug-likeness (QED) is 0.727. The first-order chi connectivity index (χ1) is 14.6. The monoisotopic (exact) mass is 400 g/mol. The first-order valence-corrected chi connectivity index (χ1v) is 10.1. The van der Waals surface area contributed by atoms with E-state index in [-0.39, 0.29) is 24.2 Å². The van der Waals surface area contributed by atoms with Crippen LogP contribution in [0.5, 0.6) is 0 Å². The molecule has 1 aromatic carbocycles. The van der Waals surface area contributed by atoms with Gasteiger partial charge in [0.15, 0.2) is 0 Å². The summed E-state index contributed by atoms with van der Waals surface area (Å²) in [5.41, 5.74) is 7.67. The normalized spacial score (nSPS) is 16.7. The minimum Gasteiger partial charge on any atom is -0.349 e. The van der Waals surface area contributed by atoms with E-state index in [1.807, 2.05) is 25.1 Å². The van der Waals surface area contributed by atoms with Crippen LogP contribution in [0.25, 0.3) is 0 Å². The van der Waals surface area contributed by atoms with Gasteiger partial charge in [0.2, 0.25) is 5.91 Å². The zero-order chi connectivity index (χ0) is 20.7. The molecule has 6 heteroatoms. The summed E-state index contributed by atoms with van der Waals surface area (Å²) in [5, 5.41) is 3.04. The van der Waals surface area contributed by atoms with Crippen molar-refractivity contribution >= 4 is 11.6 Å². The number of rotatable bonds is 4. The van der Waals surface area contributed by atoms with Crippen molar-refractivity contribution in [3.8, 4) is 0 Å². The highest BCUT2D eigenvalue weighted by molar-refractivity contribution is 6.15. The van der Waals surface area contributed by atoms with Crippen molar-refractivity contribution < 1.29 is 9.18 Å². The summed E-state index contributed by atoms with van der Waals surface area (Å²) in [4.78, 5) is 26.0. The first-order valence-electron chi connectivity index (χ1n) is 10.1. The molecule has 2 aliphatic rings. The van der Waals surface area contributed by atoms with Crippen LogP contribution in [0.4, 0.5) is 4.39 Å². The lowest BCUT2D eigenvalue weighted by atomic mass is 10.0. The standard InChI is InChI=1S/C24H21FN4O/c1-14-8-16(6-7-26-14)24-21-13-27-19(9-17(21)12-28-24)11-23(30)29-22-5-3-15-2-4-18(25)10-20(15)22/h2,4,6-10,13,22H,3,5,11-12H2,1H3,(H,29,30)/t22-/m1/s1. The molecule has 1 amide bonds. The van der Waals surface area contributed by atoms with Crippen molar-refractivity contribution in [1.29, 1.82) is 0 Å². The van der Waals surface area contributed by atoms with E-state index in [4.69, 9.17) is 0 Å². The third-order valence-corrected chi connectivity index (χ3v) is 5.74. The van der Waals surface area contributed by atoms with Crippen LogP contribution in [0.3, 0.4) is 0 Å². The van der Waals surface area contributed by atoms with Crippen molar-refractivity contribution in [2.24, 2.45) is 4.99 Å². The fraction of sp³-hybridized carbons (Fsp3) is 0.250. The molecule has 3 aromatic rings. The van der Waals surface area contributed by atoms with E-state index >= 15 is 0 Å². The molecular weight excluding hydrogens is 379 g/mol. The Bertz CT molecular complexity index is 1190. The second-order valence-electron chi connectivity index (χ2n) is 7.86. The molecule has 5 nitrogen and oxygen atoms in total. The molecule has 1 aliphatic carbocycles. The zero-order valence-corrected chi connectivity index (χ0v) is 16.7. The third kappa shape index (κ3) is 3.49. The van der Waals surface area contributed by atoms with Crippen LogP contribution in [0.2, 0.25) is 0 Å². The van der Waals surface area contributed by atoms with Crippen LogP contribution in [0.1, 0.15) is 51.7 Å². The van der Waals surface area contributed by atoms with E-state index in [9.17, 15) is 9.18 Å². The van der Waals surface area contributed by atoms with Gasteiger partial charge >= 0.3 is 0 Å². The number of hydrogen-bond acceptors (Lipinski definition) is 4. The summed E-state index contributed by atoms with van der Waals surface area (Å²) in [7, 11) is 0. The lowest BCUT2D eigenvalue weighted by molar-refractivity contribution is -0.121. The number of aryl methyl sites for hydroxylation is 2. The van der Waals surface area contributed by atoms with Crippen LogP contribution < -0.4 is 5.32 Å². The van der Waals surface area contributed by atoms with Crippen LogP contribution in [-0.4, -0.2) is 21.6 Å². The number of benzene rings is 1. The maximum atomic E-state index is 13.6. The Kier molecular flexibility index (Phi) is 4.62. The van der Waals surface area contributed by atoms with Crippen LogP contribution in [0.15, 0.2) is 53.8 Å². The fourth-order valence-electron chi connectivity index (χ4n) is 4.31. The predicted molar refractivity (Wildman–Crippen MR) is 112 cm³/mol. The lowest BCUT2D eigenvalue weighted by Crippen LogP contribution is -2.29. The number of aliphatic imine (C=N–C) groups is 1. The molecule has 0 saturated heterocycles. The molecule has 1 aliphatic heterocycles. The fourth-order valence-corrected chi connectivity index (χ4v) is 4.31. The molecule has 5 rings (SSSR count). The Hall–Kier alpha value is -3.41. The van der Waals surface area contributed by atoms with E-state index in [0.717, 1.165) is 52.1 Å². The predicted octanol–water partition coefficient (Wildman–Crippen LogP) is 3.62. The number of pyridine rings is 2. The molecule has 1 N–H and O–H groups in total.